The molecule has 1 saturated heterocycles. The van der Waals surface area contributed by atoms with E-state index in [2.05, 4.69) is 52.8 Å². The van der Waals surface area contributed by atoms with Crippen molar-refractivity contribution in [3.63, 3.8) is 0 Å². The Labute approximate surface area is 159 Å². The van der Waals surface area contributed by atoms with Crippen LogP contribution < -0.4 is 5.32 Å². The Morgan fingerprint density at radius 2 is 1.96 bits per heavy atom. The van der Waals surface area contributed by atoms with Gasteiger partial charge in [-0.15, -0.1) is 0 Å². The van der Waals surface area contributed by atoms with E-state index < -0.39 is 0 Å². The third-order valence-electron chi connectivity index (χ3n) is 5.18. The van der Waals surface area contributed by atoms with Crippen LogP contribution >= 0.6 is 0 Å². The Morgan fingerprint density at radius 1 is 1.11 bits per heavy atom. The van der Waals surface area contributed by atoms with Gasteiger partial charge in [-0.05, 0) is 41.8 Å². The van der Waals surface area contributed by atoms with Gasteiger partial charge in [-0.2, -0.15) is 0 Å². The summed E-state index contributed by atoms with van der Waals surface area (Å²) in [4.78, 5) is 15.9. The Bertz CT molecular complexity index is 921. The summed E-state index contributed by atoms with van der Waals surface area (Å²) in [5.74, 6) is 0.0150. The first-order valence-electron chi connectivity index (χ1n) is 9.48. The number of rotatable bonds is 4. The lowest BCUT2D eigenvalue weighted by Gasteiger charge is -2.36. The van der Waals surface area contributed by atoms with Crippen LogP contribution in [0, 0.1) is 0 Å². The zero-order valence-electron chi connectivity index (χ0n) is 15.5. The van der Waals surface area contributed by atoms with Crippen LogP contribution in [0.2, 0.25) is 0 Å². The molecule has 2 heterocycles. The van der Waals surface area contributed by atoms with Gasteiger partial charge in [0.05, 0.1) is 12.2 Å². The van der Waals surface area contributed by atoms with Crippen molar-refractivity contribution >= 4 is 16.7 Å². The summed E-state index contributed by atoms with van der Waals surface area (Å²) < 4.78 is 6.52. The normalized spacial score (nSPS) is 22.5. The molecule has 0 saturated carbocycles. The Morgan fingerprint density at radius 3 is 2.78 bits per heavy atom. The molecule has 0 bridgehead atoms. The van der Waals surface area contributed by atoms with Gasteiger partial charge in [-0.3, -0.25) is 9.78 Å². The average molecular weight is 360 g/mol. The molecule has 4 rings (SSSR count). The van der Waals surface area contributed by atoms with E-state index in [1.165, 1.54) is 16.5 Å². The van der Waals surface area contributed by atoms with Gasteiger partial charge in [-0.1, -0.05) is 48.5 Å². The molecular formula is C23H24N2O2. The maximum Gasteiger partial charge on any atom is 0.217 e. The zero-order chi connectivity index (χ0) is 18.6. The second kappa shape index (κ2) is 7.89. The molecule has 0 aliphatic carbocycles. The Kier molecular flexibility index (Phi) is 5.16. The first-order valence-corrected chi connectivity index (χ1v) is 9.48. The molecule has 1 aliphatic rings. The van der Waals surface area contributed by atoms with Gasteiger partial charge >= 0.3 is 0 Å². The summed E-state index contributed by atoms with van der Waals surface area (Å²) >= 11 is 0. The maximum atomic E-state index is 11.7. The average Bonchev–Trinajstić information content (AvgIpc) is 2.67. The van der Waals surface area contributed by atoms with Crippen molar-refractivity contribution in [1.29, 1.82) is 0 Å². The van der Waals surface area contributed by atoms with Crippen LogP contribution in [0.5, 0.6) is 0 Å². The highest BCUT2D eigenvalue weighted by molar-refractivity contribution is 5.85. The molecule has 0 radical (unpaired) electrons. The van der Waals surface area contributed by atoms with Gasteiger partial charge < -0.3 is 10.1 Å². The first kappa shape index (κ1) is 17.7. The molecule has 1 fully saturated rings. The molecule has 2 aromatic carbocycles. The van der Waals surface area contributed by atoms with Crippen molar-refractivity contribution in [2.45, 2.75) is 44.4 Å². The quantitative estimate of drug-likeness (QED) is 0.758. The largest absolute Gasteiger partial charge is 0.370 e. The molecule has 3 aromatic rings. The summed E-state index contributed by atoms with van der Waals surface area (Å²) in [6, 6.07) is 18.8. The van der Waals surface area contributed by atoms with Crippen molar-refractivity contribution < 1.29 is 9.53 Å². The second-order valence-electron chi connectivity index (χ2n) is 7.25. The van der Waals surface area contributed by atoms with E-state index in [9.17, 15) is 4.79 Å². The van der Waals surface area contributed by atoms with Gasteiger partial charge in [0, 0.05) is 30.7 Å². The zero-order valence-corrected chi connectivity index (χ0v) is 15.5. The van der Waals surface area contributed by atoms with Crippen molar-refractivity contribution in [2.75, 3.05) is 0 Å². The van der Waals surface area contributed by atoms with Gasteiger partial charge in [0.25, 0.3) is 0 Å². The molecule has 4 nitrogen and oxygen atoms in total. The van der Waals surface area contributed by atoms with Crippen molar-refractivity contribution in [2.24, 2.45) is 0 Å². The summed E-state index contributed by atoms with van der Waals surface area (Å²) in [6.07, 6.45) is 6.19. The van der Waals surface area contributed by atoms with E-state index in [1.54, 1.807) is 6.92 Å². The van der Waals surface area contributed by atoms with E-state index in [0.717, 1.165) is 24.6 Å². The van der Waals surface area contributed by atoms with E-state index in [4.69, 9.17) is 4.74 Å². The smallest absolute Gasteiger partial charge is 0.217 e. The number of aromatic nitrogens is 1. The monoisotopic (exact) mass is 360 g/mol. The van der Waals surface area contributed by atoms with Crippen molar-refractivity contribution in [3.05, 3.63) is 78.1 Å². The van der Waals surface area contributed by atoms with Crippen LogP contribution in [0.25, 0.3) is 10.8 Å². The highest BCUT2D eigenvalue weighted by atomic mass is 16.5. The minimum absolute atomic E-state index is 0.0150. The maximum absolute atomic E-state index is 11.7. The van der Waals surface area contributed by atoms with Gasteiger partial charge in [-0.25, -0.2) is 0 Å². The predicted octanol–water partition coefficient (Wildman–Crippen LogP) is 4.20. The minimum Gasteiger partial charge on any atom is -0.370 e. The molecule has 0 unspecified atom stereocenters. The van der Waals surface area contributed by atoms with Gasteiger partial charge in [0.1, 0.15) is 0 Å². The van der Waals surface area contributed by atoms with E-state index in [0.29, 0.717) is 0 Å². The molecule has 1 N–H and O–H groups in total. The highest BCUT2D eigenvalue weighted by Crippen LogP contribution is 2.36. The number of carbonyl (C=O) groups is 1. The summed E-state index contributed by atoms with van der Waals surface area (Å²) in [5, 5.41) is 5.39. The van der Waals surface area contributed by atoms with Gasteiger partial charge in [0.15, 0.2) is 0 Å². The lowest BCUT2D eigenvalue weighted by atomic mass is 9.90. The fourth-order valence-corrected chi connectivity index (χ4v) is 4.06. The lowest BCUT2D eigenvalue weighted by Crippen LogP contribution is -2.42. The fraction of sp³-hybridized carbons (Fsp3) is 0.304. The number of nitrogens with one attached hydrogen (secondary N) is 1. The number of carbonyl (C=O) groups excluding carboxylic acids is 1. The lowest BCUT2D eigenvalue weighted by molar-refractivity contribution is -0.122. The molecule has 1 aliphatic heterocycles. The molecule has 3 atom stereocenters. The van der Waals surface area contributed by atoms with Gasteiger partial charge in [0.2, 0.25) is 5.91 Å². The minimum atomic E-state index is -0.0459. The van der Waals surface area contributed by atoms with Crippen molar-refractivity contribution in [3.8, 4) is 0 Å². The van der Waals surface area contributed by atoms with Crippen LogP contribution in [-0.4, -0.2) is 23.0 Å². The number of amides is 1. The van der Waals surface area contributed by atoms with Crippen LogP contribution in [0.15, 0.2) is 67.0 Å². The molecule has 27 heavy (non-hydrogen) atoms. The van der Waals surface area contributed by atoms with E-state index >= 15 is 0 Å². The number of fused-ring (bicyclic) bond motifs is 1. The standard InChI is InChI=1S/C23H24N2O2/c1-16(26)25-19-13-20(12-17-6-3-2-4-7-17)27-23(14-19)22-9-5-8-18-15-24-11-10-21(18)22/h2-11,15,19-20,23H,12-14H2,1H3,(H,25,26)/t19-,20+,23+/m1/s1. The predicted molar refractivity (Wildman–Crippen MR) is 106 cm³/mol. The SMILES string of the molecule is CC(=O)N[C@@H]1C[C@H](Cc2ccccc2)O[C@H](c2cccc3cnccc23)C1. The van der Waals surface area contributed by atoms with E-state index in [-0.39, 0.29) is 24.2 Å². The number of hydrogen-bond acceptors (Lipinski definition) is 3. The van der Waals surface area contributed by atoms with Crippen LogP contribution in [0.4, 0.5) is 0 Å². The number of benzene rings is 2. The third-order valence-corrected chi connectivity index (χ3v) is 5.18. The molecule has 0 spiro atoms. The summed E-state index contributed by atoms with van der Waals surface area (Å²) in [5.41, 5.74) is 2.43. The summed E-state index contributed by atoms with van der Waals surface area (Å²) in [7, 11) is 0. The van der Waals surface area contributed by atoms with Crippen LogP contribution in [-0.2, 0) is 16.0 Å². The first-order chi connectivity index (χ1) is 13.2. The number of ether oxygens (including phenoxy) is 1. The van der Waals surface area contributed by atoms with Crippen molar-refractivity contribution in [1.82, 2.24) is 10.3 Å². The van der Waals surface area contributed by atoms with Crippen LogP contribution in [0.3, 0.4) is 0 Å². The van der Waals surface area contributed by atoms with E-state index in [1.807, 2.05) is 24.5 Å². The molecule has 1 amide bonds. The Hall–Kier alpha value is -2.72. The molecule has 4 heteroatoms. The number of nitrogens with zero attached hydrogens (tertiary/aromatic N) is 1. The highest BCUT2D eigenvalue weighted by Gasteiger charge is 2.31. The topological polar surface area (TPSA) is 51.2 Å². The Balaban J connectivity index is 1.63. The number of pyridine rings is 1. The number of hydrogen-bond donors (Lipinski definition) is 1. The summed E-state index contributed by atoms with van der Waals surface area (Å²) in [6.45, 7) is 1.58. The van der Waals surface area contributed by atoms with Crippen LogP contribution in [0.1, 0.15) is 37.0 Å². The molecular weight excluding hydrogens is 336 g/mol. The second-order valence-corrected chi connectivity index (χ2v) is 7.25. The third kappa shape index (κ3) is 4.17. The molecule has 1 aromatic heterocycles. The fourth-order valence-electron chi connectivity index (χ4n) is 4.06. The molecule has 138 valence electrons.